The van der Waals surface area contributed by atoms with E-state index in [4.69, 9.17) is 14.2 Å². The van der Waals surface area contributed by atoms with Crippen molar-refractivity contribution in [3.8, 4) is 17.2 Å². The van der Waals surface area contributed by atoms with E-state index in [1.54, 1.807) is 18.2 Å². The number of hydrogen-bond donors (Lipinski definition) is 0. The Hall–Kier alpha value is -2.84. The lowest BCUT2D eigenvalue weighted by Gasteiger charge is -2.20. The fourth-order valence-corrected chi connectivity index (χ4v) is 3.56. The minimum atomic E-state index is -3.53. The fourth-order valence-electron chi connectivity index (χ4n) is 2.66. The van der Waals surface area contributed by atoms with Crippen LogP contribution in [-0.2, 0) is 10.0 Å². The molecule has 0 aromatic heterocycles. The summed E-state index contributed by atoms with van der Waals surface area (Å²) in [5.41, 5.74) is 1.11. The van der Waals surface area contributed by atoms with Crippen LogP contribution in [-0.4, -0.2) is 52.9 Å². The molecule has 28 heavy (non-hydrogen) atoms. The highest BCUT2D eigenvalue weighted by atomic mass is 32.2. The van der Waals surface area contributed by atoms with Crippen LogP contribution in [0.4, 0.5) is 0 Å². The maximum Gasteiger partial charge on any atom is 0.242 e. The predicted octanol–water partition coefficient (Wildman–Crippen LogP) is 2.61. The maximum absolute atomic E-state index is 12.4. The van der Waals surface area contributed by atoms with Gasteiger partial charge in [0.1, 0.15) is 13.2 Å². The van der Waals surface area contributed by atoms with E-state index in [0.29, 0.717) is 36.0 Å². The van der Waals surface area contributed by atoms with Crippen LogP contribution in [0.5, 0.6) is 17.2 Å². The average Bonchev–Trinajstić information content (AvgIpc) is 2.71. The second-order valence-corrected chi connectivity index (χ2v) is 8.41. The number of fused-ring (bicyclic) bond motifs is 1. The van der Waals surface area contributed by atoms with Gasteiger partial charge in [-0.15, -0.1) is 0 Å². The number of allylic oxidation sites excluding steroid dienone is 1. The number of methoxy groups -OCH3 is 1. The molecule has 2 aromatic rings. The van der Waals surface area contributed by atoms with E-state index in [9.17, 15) is 13.2 Å². The molecule has 0 atom stereocenters. The van der Waals surface area contributed by atoms with Crippen molar-refractivity contribution in [1.82, 2.24) is 4.31 Å². The summed E-state index contributed by atoms with van der Waals surface area (Å²) in [7, 11) is 0.925. The smallest absolute Gasteiger partial charge is 0.242 e. The highest BCUT2D eigenvalue weighted by molar-refractivity contribution is 7.89. The van der Waals surface area contributed by atoms with Gasteiger partial charge >= 0.3 is 0 Å². The standard InChI is InChI=1S/C20H21NO6S/c1-21(2)28(23,24)16-7-5-15(6-8-16)17(22)9-4-14-12-18(25-3)20-19(13-14)26-10-11-27-20/h4-9,12-13H,10-11H2,1-3H3/b9-4+. The second kappa shape index (κ2) is 8.04. The third-order valence-electron chi connectivity index (χ3n) is 4.19. The highest BCUT2D eigenvalue weighted by Crippen LogP contribution is 2.40. The van der Waals surface area contributed by atoms with Crippen LogP contribution in [0.1, 0.15) is 15.9 Å². The van der Waals surface area contributed by atoms with Crippen molar-refractivity contribution in [3.63, 3.8) is 0 Å². The first-order chi connectivity index (χ1) is 13.3. The Morgan fingerprint density at radius 1 is 1.11 bits per heavy atom. The zero-order valence-corrected chi connectivity index (χ0v) is 16.7. The number of sulfonamides is 1. The van der Waals surface area contributed by atoms with Gasteiger partial charge in [0.15, 0.2) is 17.3 Å². The number of benzene rings is 2. The van der Waals surface area contributed by atoms with Crippen molar-refractivity contribution < 1.29 is 27.4 Å². The van der Waals surface area contributed by atoms with E-state index in [2.05, 4.69) is 0 Å². The molecule has 0 spiro atoms. The molecule has 0 amide bonds. The SMILES string of the molecule is COc1cc(/C=C/C(=O)c2ccc(S(=O)(=O)N(C)C)cc2)cc2c1OCCO2. The van der Waals surface area contributed by atoms with E-state index in [0.717, 1.165) is 9.87 Å². The molecule has 1 aliphatic rings. The van der Waals surface area contributed by atoms with Crippen LogP contribution in [0, 0.1) is 0 Å². The van der Waals surface area contributed by atoms with Gasteiger partial charge in [0.25, 0.3) is 0 Å². The molecule has 0 aliphatic carbocycles. The Labute approximate surface area is 164 Å². The van der Waals surface area contributed by atoms with E-state index in [1.165, 1.54) is 51.5 Å². The summed E-state index contributed by atoms with van der Waals surface area (Å²) in [4.78, 5) is 12.6. The number of nitrogens with zero attached hydrogens (tertiary/aromatic N) is 1. The van der Waals surface area contributed by atoms with Gasteiger partial charge in [-0.2, -0.15) is 0 Å². The molecule has 0 saturated heterocycles. The molecular formula is C20H21NO6S. The molecule has 3 rings (SSSR count). The Bertz CT molecular complexity index is 992. The molecular weight excluding hydrogens is 382 g/mol. The zero-order chi connectivity index (χ0) is 20.3. The monoisotopic (exact) mass is 403 g/mol. The summed E-state index contributed by atoms with van der Waals surface area (Å²) in [6.07, 6.45) is 3.06. The molecule has 0 bridgehead atoms. The van der Waals surface area contributed by atoms with Crippen LogP contribution in [0.3, 0.4) is 0 Å². The van der Waals surface area contributed by atoms with Crippen LogP contribution in [0.15, 0.2) is 47.4 Å². The molecule has 0 N–H and O–H groups in total. The van der Waals surface area contributed by atoms with Gasteiger partial charge in [-0.3, -0.25) is 4.79 Å². The fraction of sp³-hybridized carbons (Fsp3) is 0.250. The normalized spacial score (nSPS) is 13.7. The van der Waals surface area contributed by atoms with Crippen molar-refractivity contribution in [2.75, 3.05) is 34.4 Å². The van der Waals surface area contributed by atoms with Gasteiger partial charge in [-0.1, -0.05) is 6.08 Å². The van der Waals surface area contributed by atoms with Crippen LogP contribution in [0.2, 0.25) is 0 Å². The van der Waals surface area contributed by atoms with Crippen LogP contribution < -0.4 is 14.2 Å². The molecule has 0 saturated carbocycles. The van der Waals surface area contributed by atoms with Gasteiger partial charge in [0.2, 0.25) is 15.8 Å². The summed E-state index contributed by atoms with van der Waals surface area (Å²) in [6, 6.07) is 9.35. The van der Waals surface area contributed by atoms with Gasteiger partial charge < -0.3 is 14.2 Å². The third kappa shape index (κ3) is 4.02. The summed E-state index contributed by atoms with van der Waals surface area (Å²) in [5, 5.41) is 0. The third-order valence-corrected chi connectivity index (χ3v) is 6.02. The minimum absolute atomic E-state index is 0.134. The van der Waals surface area contributed by atoms with Crippen molar-refractivity contribution in [1.29, 1.82) is 0 Å². The number of carbonyl (C=O) groups excluding carboxylic acids is 1. The Morgan fingerprint density at radius 2 is 1.79 bits per heavy atom. The highest BCUT2D eigenvalue weighted by Gasteiger charge is 2.19. The Kier molecular flexibility index (Phi) is 5.71. The molecule has 1 heterocycles. The lowest BCUT2D eigenvalue weighted by molar-refractivity contribution is 0.104. The largest absolute Gasteiger partial charge is 0.493 e. The maximum atomic E-state index is 12.4. The molecule has 2 aromatic carbocycles. The molecule has 0 radical (unpaired) electrons. The summed E-state index contributed by atoms with van der Waals surface area (Å²) < 4.78 is 41.8. The number of ether oxygens (including phenoxy) is 3. The number of carbonyl (C=O) groups is 1. The van der Waals surface area contributed by atoms with E-state index < -0.39 is 10.0 Å². The first-order valence-corrected chi connectivity index (χ1v) is 9.99. The molecule has 7 nitrogen and oxygen atoms in total. The average molecular weight is 403 g/mol. The van der Waals surface area contributed by atoms with E-state index in [-0.39, 0.29) is 10.7 Å². The van der Waals surface area contributed by atoms with Gasteiger partial charge in [0.05, 0.1) is 12.0 Å². The van der Waals surface area contributed by atoms with Crippen LogP contribution in [0.25, 0.3) is 6.08 Å². The summed E-state index contributed by atoms with van der Waals surface area (Å²) >= 11 is 0. The molecule has 1 aliphatic heterocycles. The van der Waals surface area contributed by atoms with Gasteiger partial charge in [-0.05, 0) is 48.0 Å². The number of ketones is 1. The number of hydrogen-bond acceptors (Lipinski definition) is 6. The first kappa shape index (κ1) is 19.9. The van der Waals surface area contributed by atoms with E-state index >= 15 is 0 Å². The molecule has 0 unspecified atom stereocenters. The zero-order valence-electron chi connectivity index (χ0n) is 15.8. The minimum Gasteiger partial charge on any atom is -0.493 e. The lowest BCUT2D eigenvalue weighted by atomic mass is 10.1. The van der Waals surface area contributed by atoms with Gasteiger partial charge in [0, 0.05) is 19.7 Å². The predicted molar refractivity (Wildman–Crippen MR) is 105 cm³/mol. The van der Waals surface area contributed by atoms with Crippen LogP contribution >= 0.6 is 0 Å². The van der Waals surface area contributed by atoms with Gasteiger partial charge in [-0.25, -0.2) is 12.7 Å². The quantitative estimate of drug-likeness (QED) is 0.545. The molecule has 0 fully saturated rings. The van der Waals surface area contributed by atoms with Crippen molar-refractivity contribution >= 4 is 21.9 Å². The van der Waals surface area contributed by atoms with Crippen molar-refractivity contribution in [2.24, 2.45) is 0 Å². The summed E-state index contributed by atoms with van der Waals surface area (Å²) in [5.74, 6) is 1.40. The first-order valence-electron chi connectivity index (χ1n) is 8.55. The number of rotatable bonds is 6. The van der Waals surface area contributed by atoms with E-state index in [1.807, 2.05) is 0 Å². The Morgan fingerprint density at radius 3 is 2.43 bits per heavy atom. The molecule has 148 valence electrons. The van der Waals surface area contributed by atoms with Crippen molar-refractivity contribution in [2.45, 2.75) is 4.90 Å². The topological polar surface area (TPSA) is 82.1 Å². The summed E-state index contributed by atoms with van der Waals surface area (Å²) in [6.45, 7) is 0.904. The van der Waals surface area contributed by atoms with Crippen molar-refractivity contribution in [3.05, 3.63) is 53.6 Å². The molecule has 8 heteroatoms. The Balaban J connectivity index is 1.80. The lowest BCUT2D eigenvalue weighted by Crippen LogP contribution is -2.22. The second-order valence-electron chi connectivity index (χ2n) is 6.26.